The van der Waals surface area contributed by atoms with Crippen molar-refractivity contribution in [3.8, 4) is 5.75 Å². The van der Waals surface area contributed by atoms with E-state index in [1.807, 2.05) is 115 Å². The molecule has 0 bridgehead atoms. The highest BCUT2D eigenvalue weighted by atomic mass is 27.1. The van der Waals surface area contributed by atoms with Crippen LogP contribution >= 0.6 is 0 Å². The highest BCUT2D eigenvalue weighted by Crippen LogP contribution is 2.34. The van der Waals surface area contributed by atoms with Crippen molar-refractivity contribution < 1.29 is 32.6 Å². The van der Waals surface area contributed by atoms with Gasteiger partial charge in [-0.05, 0) is 34.4 Å². The topological polar surface area (TPSA) is 75.6 Å². The van der Waals surface area contributed by atoms with Gasteiger partial charge in [-0.3, -0.25) is 0 Å². The summed E-state index contributed by atoms with van der Waals surface area (Å²) in [5.41, 5.74) is 4.00. The number of aliphatic hydroxyl groups is 1. The fraction of sp³-hybridized carbons (Fsp3) is 0.314. The van der Waals surface area contributed by atoms with Gasteiger partial charge in [-0.15, -0.1) is 0 Å². The van der Waals surface area contributed by atoms with Gasteiger partial charge < -0.3 is 32.6 Å². The van der Waals surface area contributed by atoms with Crippen molar-refractivity contribution in [2.45, 2.75) is 63.1 Å². The summed E-state index contributed by atoms with van der Waals surface area (Å²) in [7, 11) is 1.64. The molecule has 8 heteroatoms. The van der Waals surface area contributed by atoms with Gasteiger partial charge in [-0.2, -0.15) is 0 Å². The quantitative estimate of drug-likeness (QED) is 0.212. The minimum Gasteiger partial charge on any atom is -0.500 e. The average molecular weight is 599 g/mol. The van der Waals surface area contributed by atoms with Gasteiger partial charge in [-0.1, -0.05) is 103 Å². The van der Waals surface area contributed by atoms with Crippen LogP contribution in [0.25, 0.3) is 0 Å². The first-order valence-corrected chi connectivity index (χ1v) is 15.4. The van der Waals surface area contributed by atoms with Crippen LogP contribution in [0.1, 0.15) is 22.3 Å². The van der Waals surface area contributed by atoms with Gasteiger partial charge in [0.15, 0.2) is 0 Å². The highest BCUT2D eigenvalue weighted by Gasteiger charge is 2.53. The summed E-state index contributed by atoms with van der Waals surface area (Å²) >= 11 is 0.395. The molecule has 1 N–H and O–H groups in total. The van der Waals surface area contributed by atoms with Crippen LogP contribution in [0.15, 0.2) is 115 Å². The standard InChI is InChI=1S/C35H37O7.Al.2H/c1-38-29-19-17-28(18-20-29)24-42-35-33(40-22-26-13-7-3-8-14-26)31(37)30(36)32(39-21-25-11-5-2-6-12-25)34(35)41-23-27-15-9-4-10-16-27;;;/h2-20,30-36H,21-24H2,1H3;;;/q-1;+1;;/t30?,31-,32-,33?,34+,35?;;;/m0.../s1. The van der Waals surface area contributed by atoms with Crippen LogP contribution in [-0.4, -0.2) is 65.5 Å². The van der Waals surface area contributed by atoms with Gasteiger partial charge in [0.05, 0.1) is 39.6 Å². The van der Waals surface area contributed by atoms with Crippen molar-refractivity contribution >= 4 is 16.6 Å². The van der Waals surface area contributed by atoms with Crippen LogP contribution in [-0.2, 0) is 49.2 Å². The molecule has 224 valence electrons. The molecule has 0 saturated heterocycles. The maximum absolute atomic E-state index is 11.7. The molecule has 1 aliphatic carbocycles. The second-order valence-corrected chi connectivity index (χ2v) is 11.1. The lowest BCUT2D eigenvalue weighted by Gasteiger charge is -2.48. The predicted octanol–water partition coefficient (Wildman–Crippen LogP) is 4.64. The van der Waals surface area contributed by atoms with Crippen molar-refractivity contribution in [3.63, 3.8) is 0 Å². The molecule has 3 unspecified atom stereocenters. The average Bonchev–Trinajstić information content (AvgIpc) is 3.07. The van der Waals surface area contributed by atoms with Crippen LogP contribution < -0.4 is 4.74 Å². The van der Waals surface area contributed by atoms with E-state index in [0.717, 1.165) is 28.0 Å². The molecule has 0 spiro atoms. The zero-order valence-electron chi connectivity index (χ0n) is 24.7. The van der Waals surface area contributed by atoms with Gasteiger partial charge in [0.2, 0.25) is 0 Å². The fourth-order valence-corrected chi connectivity index (χ4v) is 5.93. The lowest BCUT2D eigenvalue weighted by atomic mass is 9.84. The minimum atomic E-state index is -0.997. The van der Waals surface area contributed by atoms with E-state index in [1.54, 1.807) is 7.11 Å². The van der Waals surface area contributed by atoms with E-state index in [0.29, 0.717) is 43.1 Å². The molecular formula is C35H39AlO7. The van der Waals surface area contributed by atoms with Crippen molar-refractivity contribution in [2.75, 3.05) is 7.11 Å². The number of ether oxygens (including phenoxy) is 5. The predicted molar refractivity (Wildman–Crippen MR) is 166 cm³/mol. The lowest BCUT2D eigenvalue weighted by molar-refractivity contribution is -0.269. The van der Waals surface area contributed by atoms with Gasteiger partial charge in [-0.25, -0.2) is 0 Å². The number of hydrogen-bond acceptors (Lipinski definition) is 7. The first-order valence-electron chi connectivity index (χ1n) is 14.6. The molecule has 5 rings (SSSR count). The molecule has 0 aromatic heterocycles. The zero-order chi connectivity index (χ0) is 29.9. The molecule has 4 aromatic carbocycles. The Morgan fingerprint density at radius 3 is 1.23 bits per heavy atom. The number of hydrogen-bond donors (Lipinski definition) is 1. The fourth-order valence-electron chi connectivity index (χ4n) is 5.39. The minimum absolute atomic E-state index is 0.306. The molecule has 4 aromatic rings. The largest absolute Gasteiger partial charge is 0.500 e. The van der Waals surface area contributed by atoms with Gasteiger partial charge in [0.25, 0.3) is 0 Å². The maximum atomic E-state index is 11.7. The molecule has 0 amide bonds. The second kappa shape index (κ2) is 16.2. The third kappa shape index (κ3) is 8.54. The first kappa shape index (κ1) is 31.4. The maximum Gasteiger partial charge on any atom is 0.410 e. The molecule has 7 nitrogen and oxygen atoms in total. The third-order valence-electron chi connectivity index (χ3n) is 7.70. The summed E-state index contributed by atoms with van der Waals surface area (Å²) in [4.78, 5) is 0. The van der Waals surface area contributed by atoms with Crippen molar-refractivity contribution in [1.29, 1.82) is 0 Å². The third-order valence-corrected chi connectivity index (χ3v) is 8.24. The van der Waals surface area contributed by atoms with Crippen molar-refractivity contribution in [1.82, 2.24) is 0 Å². The van der Waals surface area contributed by atoms with Crippen LogP contribution in [0.5, 0.6) is 5.75 Å². The Balaban J connectivity index is 1.45. The summed E-state index contributed by atoms with van der Waals surface area (Å²) < 4.78 is 37.6. The van der Waals surface area contributed by atoms with Gasteiger partial charge >= 0.3 is 16.6 Å². The SMILES string of the molecule is COc1ccc(COC2C(OCc3ccccc3)[C@@H]([O][AlH2])C(O)[C@H](OCc3ccccc3)[C@H]2OCc2ccccc2)cc1. The van der Waals surface area contributed by atoms with Gasteiger partial charge in [0, 0.05) is 0 Å². The molecule has 0 heterocycles. The van der Waals surface area contributed by atoms with E-state index >= 15 is 0 Å². The molecule has 1 aliphatic rings. The van der Waals surface area contributed by atoms with Gasteiger partial charge in [0.1, 0.15) is 36.3 Å². The Bertz CT molecular complexity index is 1340. The van der Waals surface area contributed by atoms with Crippen molar-refractivity contribution in [3.05, 3.63) is 138 Å². The molecule has 0 aliphatic heterocycles. The zero-order valence-corrected chi connectivity index (χ0v) is 26.7. The van der Waals surface area contributed by atoms with E-state index < -0.39 is 36.6 Å². The second-order valence-electron chi connectivity index (χ2n) is 10.6. The summed E-state index contributed by atoms with van der Waals surface area (Å²) in [6.45, 7) is 1.27. The molecule has 0 radical (unpaired) electrons. The Morgan fingerprint density at radius 2 is 0.837 bits per heavy atom. The smallest absolute Gasteiger partial charge is 0.410 e. The van der Waals surface area contributed by atoms with Crippen molar-refractivity contribution in [2.24, 2.45) is 0 Å². The number of aliphatic hydroxyl groups excluding tert-OH is 1. The Morgan fingerprint density at radius 1 is 0.488 bits per heavy atom. The summed E-state index contributed by atoms with van der Waals surface area (Å²) in [5, 5.41) is 11.7. The number of benzene rings is 4. The van der Waals surface area contributed by atoms with Crippen LogP contribution in [0.3, 0.4) is 0 Å². The monoisotopic (exact) mass is 598 g/mol. The first-order chi connectivity index (χ1) is 21.2. The lowest BCUT2D eigenvalue weighted by Crippen LogP contribution is -2.66. The normalized spacial score (nSPS) is 23.6. The van der Waals surface area contributed by atoms with E-state index in [-0.39, 0.29) is 0 Å². The van der Waals surface area contributed by atoms with E-state index in [4.69, 9.17) is 27.5 Å². The summed E-state index contributed by atoms with van der Waals surface area (Å²) in [6, 6.07) is 37.6. The summed E-state index contributed by atoms with van der Waals surface area (Å²) in [6.07, 6.45) is -4.23. The molecule has 1 saturated carbocycles. The Kier molecular flexibility index (Phi) is 11.8. The van der Waals surface area contributed by atoms with Crippen LogP contribution in [0, 0.1) is 0 Å². The van der Waals surface area contributed by atoms with E-state index in [9.17, 15) is 5.11 Å². The van der Waals surface area contributed by atoms with Crippen LogP contribution in [0.4, 0.5) is 0 Å². The Labute approximate surface area is 262 Å². The van der Waals surface area contributed by atoms with E-state index in [1.165, 1.54) is 0 Å². The molecule has 43 heavy (non-hydrogen) atoms. The molecular weight excluding hydrogens is 559 g/mol. The Hall–Kier alpha value is -3.03. The summed E-state index contributed by atoms with van der Waals surface area (Å²) in [5.74, 6) is 0.775. The number of rotatable bonds is 14. The number of methoxy groups -OCH3 is 1. The molecule has 6 atom stereocenters. The van der Waals surface area contributed by atoms with Crippen LogP contribution in [0.2, 0.25) is 0 Å². The van der Waals surface area contributed by atoms with E-state index in [2.05, 4.69) is 0 Å². The highest BCUT2D eigenvalue weighted by molar-refractivity contribution is 5.98. The molecule has 1 fully saturated rings.